The molecule has 2 aromatic carbocycles. The lowest BCUT2D eigenvalue weighted by molar-refractivity contribution is -0.145. The summed E-state index contributed by atoms with van der Waals surface area (Å²) in [5, 5.41) is 22.4. The second-order valence-electron chi connectivity index (χ2n) is 7.89. The molecule has 174 valence electrons. The van der Waals surface area contributed by atoms with Gasteiger partial charge in [-0.15, -0.1) is 0 Å². The van der Waals surface area contributed by atoms with Crippen molar-refractivity contribution in [2.24, 2.45) is 0 Å². The van der Waals surface area contributed by atoms with Crippen molar-refractivity contribution in [2.75, 3.05) is 12.3 Å². The van der Waals surface area contributed by atoms with E-state index in [0.717, 1.165) is 22.9 Å². The zero-order chi connectivity index (χ0) is 23.1. The van der Waals surface area contributed by atoms with Gasteiger partial charge in [-0.25, -0.2) is 13.2 Å². The summed E-state index contributed by atoms with van der Waals surface area (Å²) >= 11 is 0. The summed E-state index contributed by atoms with van der Waals surface area (Å²) < 4.78 is 27.4. The second-order valence-corrected chi connectivity index (χ2v) is 9.72. The Balaban J connectivity index is 1.85. The van der Waals surface area contributed by atoms with E-state index in [1.165, 1.54) is 18.2 Å². The summed E-state index contributed by atoms with van der Waals surface area (Å²) in [6.07, 6.45) is 0.491. The summed E-state index contributed by atoms with van der Waals surface area (Å²) in [4.78, 5) is 17.1. The zero-order valence-electron chi connectivity index (χ0n) is 17.6. The lowest BCUT2D eigenvalue weighted by Gasteiger charge is -2.30. The maximum absolute atomic E-state index is 13.3. The van der Waals surface area contributed by atoms with Gasteiger partial charge in [-0.3, -0.25) is 4.84 Å². The molecule has 0 bridgehead atoms. The van der Waals surface area contributed by atoms with Crippen LogP contribution in [-0.4, -0.2) is 54.0 Å². The predicted molar refractivity (Wildman–Crippen MR) is 119 cm³/mol. The number of amides is 1. The Hall–Kier alpha value is -2.66. The number of hydrogen-bond donors (Lipinski definition) is 4. The molecule has 3 rings (SSSR count). The van der Waals surface area contributed by atoms with E-state index in [-0.39, 0.29) is 23.1 Å². The van der Waals surface area contributed by atoms with Crippen LogP contribution in [0.1, 0.15) is 31.2 Å². The van der Waals surface area contributed by atoms with Crippen molar-refractivity contribution < 1.29 is 28.3 Å². The summed E-state index contributed by atoms with van der Waals surface area (Å²) in [7, 11) is -4.15. The lowest BCUT2D eigenvalue weighted by Crippen LogP contribution is -2.50. The fraction of sp³-hybridized carbons (Fsp3) is 0.409. The van der Waals surface area contributed by atoms with Crippen LogP contribution in [0, 0.1) is 0 Å². The molecule has 0 spiro atoms. The molecule has 0 heterocycles. The van der Waals surface area contributed by atoms with Crippen LogP contribution in [0.15, 0.2) is 59.5 Å². The molecule has 1 aliphatic rings. The van der Waals surface area contributed by atoms with Gasteiger partial charge in [0.15, 0.2) is 0 Å². The van der Waals surface area contributed by atoms with Crippen LogP contribution in [0.3, 0.4) is 0 Å². The molecule has 1 amide bonds. The van der Waals surface area contributed by atoms with Gasteiger partial charge in [0.2, 0.25) is 0 Å². The van der Waals surface area contributed by atoms with Crippen molar-refractivity contribution in [1.29, 1.82) is 0 Å². The number of sulfonamides is 1. The molecule has 2 atom stereocenters. The third kappa shape index (κ3) is 6.42. The quantitative estimate of drug-likeness (QED) is 0.313. The van der Waals surface area contributed by atoms with Gasteiger partial charge in [0.25, 0.3) is 10.0 Å². The number of hydrogen-bond acceptors (Lipinski definition) is 6. The van der Waals surface area contributed by atoms with Crippen LogP contribution in [-0.2, 0) is 21.3 Å². The Bertz CT molecular complexity index is 996. The van der Waals surface area contributed by atoms with Gasteiger partial charge < -0.3 is 21.3 Å². The molecule has 0 aliphatic heterocycles. The molecule has 0 aromatic heterocycles. The van der Waals surface area contributed by atoms with Crippen LogP contribution < -0.4 is 11.1 Å². The standard InChI is InChI=1S/C22H29N3O6S/c23-17-9-6-12-19(14-17)32(29,30)25(31-18-10-4-5-11-18)15-21(26)20(24-22(27)28)13-16-7-2-1-3-8-16/h1-3,6-9,12,14,18,20-21,24,26H,4-5,10-11,13,15,23H2,(H,27,28)/t20-,21-/m0/s1. The Kier molecular flexibility index (Phi) is 8.08. The summed E-state index contributed by atoms with van der Waals surface area (Å²) in [6.45, 7) is -0.439. The number of rotatable bonds is 10. The van der Waals surface area contributed by atoms with Crippen LogP contribution in [0.25, 0.3) is 0 Å². The van der Waals surface area contributed by atoms with Gasteiger partial charge in [-0.2, -0.15) is 0 Å². The second kappa shape index (κ2) is 10.8. The van der Waals surface area contributed by atoms with Crippen molar-refractivity contribution in [2.45, 2.75) is 55.2 Å². The minimum atomic E-state index is -4.15. The Morgan fingerprint density at radius 3 is 2.47 bits per heavy atom. The average molecular weight is 464 g/mol. The zero-order valence-corrected chi connectivity index (χ0v) is 18.4. The van der Waals surface area contributed by atoms with E-state index in [1.807, 2.05) is 6.07 Å². The molecule has 0 radical (unpaired) electrons. The van der Waals surface area contributed by atoms with Crippen LogP contribution in [0.5, 0.6) is 0 Å². The van der Waals surface area contributed by atoms with Gasteiger partial charge >= 0.3 is 6.09 Å². The summed E-state index contributed by atoms with van der Waals surface area (Å²) in [5.41, 5.74) is 6.84. The molecule has 1 aliphatic carbocycles. The first-order valence-corrected chi connectivity index (χ1v) is 12.0. The number of nitrogen functional groups attached to an aromatic ring is 1. The normalized spacial score (nSPS) is 16.7. The number of nitrogens with one attached hydrogen (secondary N) is 1. The van der Waals surface area contributed by atoms with Crippen LogP contribution in [0.4, 0.5) is 10.5 Å². The number of aliphatic hydroxyl groups excluding tert-OH is 1. The van der Waals surface area contributed by atoms with E-state index in [0.29, 0.717) is 12.8 Å². The number of carbonyl (C=O) groups is 1. The van der Waals surface area contributed by atoms with Crippen LogP contribution >= 0.6 is 0 Å². The van der Waals surface area contributed by atoms with Gasteiger partial charge in [0, 0.05) is 5.69 Å². The third-order valence-corrected chi connectivity index (χ3v) is 7.02. The van der Waals surface area contributed by atoms with E-state index in [1.54, 1.807) is 30.3 Å². The topological polar surface area (TPSA) is 142 Å². The van der Waals surface area contributed by atoms with Gasteiger partial charge in [0.05, 0.1) is 29.7 Å². The molecule has 1 saturated carbocycles. The molecular formula is C22H29N3O6S. The maximum Gasteiger partial charge on any atom is 0.404 e. The van der Waals surface area contributed by atoms with Gasteiger partial charge in [-0.05, 0) is 43.0 Å². The average Bonchev–Trinajstić information content (AvgIpc) is 3.26. The minimum Gasteiger partial charge on any atom is -0.465 e. The first-order chi connectivity index (χ1) is 15.3. The number of carboxylic acid groups (broad SMARTS) is 1. The summed E-state index contributed by atoms with van der Waals surface area (Å²) in [6, 6.07) is 13.9. The molecule has 10 heteroatoms. The molecule has 0 unspecified atom stereocenters. The highest BCUT2D eigenvalue weighted by Crippen LogP contribution is 2.26. The van der Waals surface area contributed by atoms with E-state index in [2.05, 4.69) is 5.32 Å². The highest BCUT2D eigenvalue weighted by atomic mass is 32.2. The molecule has 9 nitrogen and oxygen atoms in total. The van der Waals surface area contributed by atoms with Crippen LogP contribution in [0.2, 0.25) is 0 Å². The first-order valence-electron chi connectivity index (χ1n) is 10.5. The van der Waals surface area contributed by atoms with Crippen molar-refractivity contribution in [3.63, 3.8) is 0 Å². The first kappa shape index (κ1) is 24.0. The molecule has 1 fully saturated rings. The molecular weight excluding hydrogens is 434 g/mol. The minimum absolute atomic E-state index is 0.0616. The lowest BCUT2D eigenvalue weighted by atomic mass is 10.0. The van der Waals surface area contributed by atoms with E-state index < -0.39 is 34.8 Å². The van der Waals surface area contributed by atoms with E-state index in [4.69, 9.17) is 10.6 Å². The summed E-state index contributed by atoms with van der Waals surface area (Å²) in [5.74, 6) is 0. The number of benzene rings is 2. The highest BCUT2D eigenvalue weighted by Gasteiger charge is 2.34. The smallest absolute Gasteiger partial charge is 0.404 e. The van der Waals surface area contributed by atoms with E-state index in [9.17, 15) is 23.4 Å². The van der Waals surface area contributed by atoms with Crippen molar-refractivity contribution >= 4 is 21.8 Å². The Morgan fingerprint density at radius 2 is 1.84 bits per heavy atom. The number of aliphatic hydroxyl groups is 1. The fourth-order valence-electron chi connectivity index (χ4n) is 3.74. The molecule has 5 N–H and O–H groups in total. The van der Waals surface area contributed by atoms with Crippen molar-refractivity contribution in [1.82, 2.24) is 9.79 Å². The van der Waals surface area contributed by atoms with Gasteiger partial charge in [-0.1, -0.05) is 53.7 Å². The van der Waals surface area contributed by atoms with E-state index >= 15 is 0 Å². The van der Waals surface area contributed by atoms with Crippen molar-refractivity contribution in [3.05, 3.63) is 60.2 Å². The number of nitrogens with zero attached hydrogens (tertiary/aromatic N) is 1. The number of hydroxylamine groups is 1. The predicted octanol–water partition coefficient (Wildman–Crippen LogP) is 2.37. The molecule has 2 aromatic rings. The molecule has 0 saturated heterocycles. The number of nitrogens with two attached hydrogens (primary N) is 1. The SMILES string of the molecule is Nc1cccc(S(=O)(=O)N(C[C@H](O)[C@H](Cc2ccccc2)NC(=O)O)OC2CCCC2)c1. The third-order valence-electron chi connectivity index (χ3n) is 5.40. The van der Waals surface area contributed by atoms with Gasteiger partial charge in [0.1, 0.15) is 0 Å². The van der Waals surface area contributed by atoms with Crippen molar-refractivity contribution in [3.8, 4) is 0 Å². The molecule has 32 heavy (non-hydrogen) atoms. The Labute approximate surface area is 187 Å². The Morgan fingerprint density at radius 1 is 1.16 bits per heavy atom. The monoisotopic (exact) mass is 463 g/mol. The highest BCUT2D eigenvalue weighted by molar-refractivity contribution is 7.89. The fourth-order valence-corrected chi connectivity index (χ4v) is 5.09. The number of anilines is 1. The maximum atomic E-state index is 13.3. The largest absolute Gasteiger partial charge is 0.465 e.